The van der Waals surface area contributed by atoms with Gasteiger partial charge in [0.25, 0.3) is 0 Å². The largest absolute Gasteiger partial charge is 0.508 e. The zero-order valence-electron chi connectivity index (χ0n) is 18.5. The maximum Gasteiger partial charge on any atom is 0.151 e. The fourth-order valence-electron chi connectivity index (χ4n) is 4.58. The molecular formula is C26H28N4OS. The highest BCUT2D eigenvalue weighted by atomic mass is 32.1. The second-order valence-corrected chi connectivity index (χ2v) is 9.77. The minimum absolute atomic E-state index is 0.223. The van der Waals surface area contributed by atoms with Crippen molar-refractivity contribution in [1.29, 1.82) is 0 Å². The molecule has 32 heavy (non-hydrogen) atoms. The van der Waals surface area contributed by atoms with Crippen LogP contribution in [0.1, 0.15) is 38.7 Å². The molecule has 0 amide bonds. The molecule has 2 aromatic heterocycles. The Hall–Kier alpha value is -2.96. The molecule has 1 saturated heterocycles. The predicted molar refractivity (Wildman–Crippen MR) is 133 cm³/mol. The number of hydrogen-bond donors (Lipinski definition) is 2. The van der Waals surface area contributed by atoms with E-state index in [0.717, 1.165) is 28.3 Å². The average molecular weight is 445 g/mol. The maximum atomic E-state index is 9.74. The first-order valence-corrected chi connectivity index (χ1v) is 12.0. The molecule has 1 aliphatic rings. The summed E-state index contributed by atoms with van der Waals surface area (Å²) in [7, 11) is 0. The number of aromatic hydroxyl groups is 1. The van der Waals surface area contributed by atoms with E-state index in [1.807, 2.05) is 12.1 Å². The fourth-order valence-corrected chi connectivity index (χ4v) is 5.64. The molecule has 2 atom stereocenters. The van der Waals surface area contributed by atoms with E-state index in [-0.39, 0.29) is 5.75 Å². The molecule has 3 heterocycles. The number of nitrogens with one attached hydrogen (secondary N) is 1. The summed E-state index contributed by atoms with van der Waals surface area (Å²) in [6, 6.07) is 19.4. The number of hydrogen-bond acceptors (Lipinski definition) is 6. The number of aromatic nitrogens is 2. The number of nitrogens with zero attached hydrogens (tertiary/aromatic N) is 3. The first-order valence-electron chi connectivity index (χ1n) is 11.2. The van der Waals surface area contributed by atoms with Crippen LogP contribution in [-0.2, 0) is 6.54 Å². The quantitative estimate of drug-likeness (QED) is 0.364. The summed E-state index contributed by atoms with van der Waals surface area (Å²) in [4.78, 5) is 12.7. The zero-order chi connectivity index (χ0) is 22.1. The summed E-state index contributed by atoms with van der Waals surface area (Å²) in [6.45, 7) is 5.72. The smallest absolute Gasteiger partial charge is 0.151 e. The van der Waals surface area contributed by atoms with Crippen LogP contribution in [0, 0.1) is 0 Å². The lowest BCUT2D eigenvalue weighted by atomic mass is 9.96. The van der Waals surface area contributed by atoms with Crippen LogP contribution < -0.4 is 5.32 Å². The average Bonchev–Trinajstić information content (AvgIpc) is 3.22. The summed E-state index contributed by atoms with van der Waals surface area (Å²) in [5.74, 6) is 0.974. The minimum atomic E-state index is 0.223. The van der Waals surface area contributed by atoms with Crippen molar-refractivity contribution < 1.29 is 5.11 Å². The van der Waals surface area contributed by atoms with Gasteiger partial charge in [-0.3, -0.25) is 4.90 Å². The van der Waals surface area contributed by atoms with Crippen LogP contribution in [0.2, 0.25) is 0 Å². The van der Waals surface area contributed by atoms with Gasteiger partial charge in [-0.05, 0) is 56.0 Å². The van der Waals surface area contributed by atoms with Crippen molar-refractivity contribution >= 4 is 33.1 Å². The number of thiophene rings is 1. The van der Waals surface area contributed by atoms with Crippen molar-refractivity contribution in [2.45, 2.75) is 51.7 Å². The first-order chi connectivity index (χ1) is 15.6. The third kappa shape index (κ3) is 4.33. The zero-order valence-corrected chi connectivity index (χ0v) is 19.3. The van der Waals surface area contributed by atoms with Crippen LogP contribution in [0.15, 0.2) is 60.9 Å². The van der Waals surface area contributed by atoms with Gasteiger partial charge in [-0.2, -0.15) is 0 Å². The van der Waals surface area contributed by atoms with E-state index in [4.69, 9.17) is 0 Å². The van der Waals surface area contributed by atoms with Crippen LogP contribution in [0.5, 0.6) is 5.75 Å². The molecule has 1 fully saturated rings. The number of rotatable bonds is 5. The van der Waals surface area contributed by atoms with Crippen LogP contribution in [0.3, 0.4) is 0 Å². The van der Waals surface area contributed by atoms with E-state index in [1.54, 1.807) is 29.8 Å². The predicted octanol–water partition coefficient (Wildman–Crippen LogP) is 6.57. The van der Waals surface area contributed by atoms with Crippen LogP contribution in [-0.4, -0.2) is 32.1 Å². The van der Waals surface area contributed by atoms with E-state index >= 15 is 0 Å². The van der Waals surface area contributed by atoms with E-state index in [1.165, 1.54) is 35.3 Å². The van der Waals surface area contributed by atoms with Crippen LogP contribution in [0.4, 0.5) is 11.5 Å². The van der Waals surface area contributed by atoms with Gasteiger partial charge in [0.2, 0.25) is 0 Å². The van der Waals surface area contributed by atoms with E-state index in [0.29, 0.717) is 12.1 Å². The van der Waals surface area contributed by atoms with Gasteiger partial charge in [-0.1, -0.05) is 36.8 Å². The van der Waals surface area contributed by atoms with Gasteiger partial charge in [-0.25, -0.2) is 9.97 Å². The Balaban J connectivity index is 1.38. The molecular weight excluding hydrogens is 416 g/mol. The van der Waals surface area contributed by atoms with Crippen molar-refractivity contribution in [3.8, 4) is 16.2 Å². The number of phenolic OH excluding ortho intramolecular Hbond substituents is 1. The topological polar surface area (TPSA) is 61.3 Å². The lowest BCUT2D eigenvalue weighted by Gasteiger charge is -2.39. The second kappa shape index (κ2) is 8.88. The summed E-state index contributed by atoms with van der Waals surface area (Å²) < 4.78 is 1.01. The summed E-state index contributed by atoms with van der Waals surface area (Å²) in [5.41, 5.74) is 4.27. The Labute approximate surface area is 192 Å². The standard InChI is InChI=1S/C26H28N4OS/c1-17-5-3-6-18(2)30(17)15-19-9-11-20(12-10-19)24-14-23-25(32-24)26(28-16-27-23)29-21-7-4-8-22(31)13-21/h4,7-14,16-18,31H,3,5-6,15H2,1-2H3,(H,27,28,29)/t17-,18+. The highest BCUT2D eigenvalue weighted by molar-refractivity contribution is 7.22. The monoisotopic (exact) mass is 444 g/mol. The summed E-state index contributed by atoms with van der Waals surface area (Å²) in [5, 5.41) is 13.0. The third-order valence-electron chi connectivity index (χ3n) is 6.40. The molecule has 0 unspecified atom stereocenters. The number of phenols is 1. The van der Waals surface area contributed by atoms with E-state index in [9.17, 15) is 5.11 Å². The molecule has 1 aliphatic heterocycles. The van der Waals surface area contributed by atoms with E-state index in [2.05, 4.69) is 64.4 Å². The summed E-state index contributed by atoms with van der Waals surface area (Å²) in [6.07, 6.45) is 5.51. The Morgan fingerprint density at radius 2 is 1.81 bits per heavy atom. The number of likely N-dealkylation sites (tertiary alicyclic amines) is 1. The Morgan fingerprint density at radius 1 is 1.03 bits per heavy atom. The molecule has 0 aliphatic carbocycles. The van der Waals surface area contributed by atoms with Crippen LogP contribution >= 0.6 is 11.3 Å². The van der Waals surface area contributed by atoms with Crippen molar-refractivity contribution in [1.82, 2.24) is 14.9 Å². The molecule has 5 nitrogen and oxygen atoms in total. The van der Waals surface area contributed by atoms with Gasteiger partial charge in [0.05, 0.1) is 10.2 Å². The number of fused-ring (bicyclic) bond motifs is 1. The highest BCUT2D eigenvalue weighted by Crippen LogP contribution is 2.37. The molecule has 0 saturated carbocycles. The number of anilines is 2. The normalized spacial score (nSPS) is 19.3. The Bertz CT molecular complexity index is 1210. The first kappa shape index (κ1) is 20.9. The lowest BCUT2D eigenvalue weighted by Crippen LogP contribution is -2.42. The van der Waals surface area contributed by atoms with Gasteiger partial charge >= 0.3 is 0 Å². The molecule has 5 rings (SSSR count). The van der Waals surface area contributed by atoms with Crippen molar-refractivity contribution in [2.75, 3.05) is 5.32 Å². The number of piperidine rings is 1. The Morgan fingerprint density at radius 3 is 2.56 bits per heavy atom. The van der Waals surface area contributed by atoms with Crippen molar-refractivity contribution in [3.63, 3.8) is 0 Å². The number of benzene rings is 2. The van der Waals surface area contributed by atoms with Gasteiger partial charge in [0.1, 0.15) is 12.1 Å². The molecule has 2 N–H and O–H groups in total. The second-order valence-electron chi connectivity index (χ2n) is 8.72. The third-order valence-corrected chi connectivity index (χ3v) is 7.58. The van der Waals surface area contributed by atoms with Crippen molar-refractivity contribution in [2.24, 2.45) is 0 Å². The molecule has 164 valence electrons. The maximum absolute atomic E-state index is 9.74. The summed E-state index contributed by atoms with van der Waals surface area (Å²) >= 11 is 1.68. The SMILES string of the molecule is C[C@@H]1CCC[C@H](C)N1Cc1ccc(-c2cc3ncnc(Nc4cccc(O)c4)c3s2)cc1. The molecule has 4 aromatic rings. The van der Waals surface area contributed by atoms with Gasteiger partial charge in [0.15, 0.2) is 5.82 Å². The highest BCUT2D eigenvalue weighted by Gasteiger charge is 2.24. The lowest BCUT2D eigenvalue weighted by molar-refractivity contribution is 0.0953. The van der Waals surface area contributed by atoms with Gasteiger partial charge < -0.3 is 10.4 Å². The van der Waals surface area contributed by atoms with Gasteiger partial charge in [-0.15, -0.1) is 11.3 Å². The van der Waals surface area contributed by atoms with Crippen LogP contribution in [0.25, 0.3) is 20.7 Å². The molecule has 0 bridgehead atoms. The van der Waals surface area contributed by atoms with Crippen molar-refractivity contribution in [3.05, 3.63) is 66.5 Å². The molecule has 6 heteroatoms. The molecule has 0 spiro atoms. The van der Waals surface area contributed by atoms with Gasteiger partial charge in [0, 0.05) is 35.3 Å². The minimum Gasteiger partial charge on any atom is -0.508 e. The molecule has 0 radical (unpaired) electrons. The van der Waals surface area contributed by atoms with E-state index < -0.39 is 0 Å². The fraction of sp³-hybridized carbons (Fsp3) is 0.308. The molecule has 2 aromatic carbocycles. The Kier molecular flexibility index (Phi) is 5.81.